The van der Waals surface area contributed by atoms with Crippen molar-refractivity contribution in [3.8, 4) is 16.9 Å². The lowest BCUT2D eigenvalue weighted by Crippen LogP contribution is -2.29. The Hall–Kier alpha value is -4.05. The number of nitrogens with two attached hydrogens (primary N) is 1. The van der Waals surface area contributed by atoms with Gasteiger partial charge in [-0.2, -0.15) is 18.3 Å². The zero-order valence-electron chi connectivity index (χ0n) is 17.5. The first-order valence-corrected chi connectivity index (χ1v) is 10.4. The van der Waals surface area contributed by atoms with Crippen LogP contribution in [0.2, 0.25) is 5.02 Å². The highest BCUT2D eigenvalue weighted by Crippen LogP contribution is 2.35. The summed E-state index contributed by atoms with van der Waals surface area (Å²) in [5.74, 6) is 0.0395. The Morgan fingerprint density at radius 1 is 1.03 bits per heavy atom. The zero-order chi connectivity index (χ0) is 24.3. The molecule has 0 aliphatic rings. The van der Waals surface area contributed by atoms with Gasteiger partial charge in [0, 0.05) is 16.8 Å². The van der Waals surface area contributed by atoms with Crippen molar-refractivity contribution in [3.05, 3.63) is 89.2 Å². The average Bonchev–Trinajstić information content (AvgIpc) is 3.14. The maximum Gasteiger partial charge on any atom is 0.416 e. The van der Waals surface area contributed by atoms with Gasteiger partial charge in [0.2, 0.25) is 0 Å². The lowest BCUT2D eigenvalue weighted by Gasteiger charge is -2.10. The van der Waals surface area contributed by atoms with Crippen LogP contribution in [0.4, 0.5) is 29.5 Å². The Balaban J connectivity index is 1.67. The second kappa shape index (κ2) is 9.44. The monoisotopic (exact) mass is 486 g/mol. The van der Waals surface area contributed by atoms with Crippen molar-refractivity contribution in [2.45, 2.75) is 12.7 Å². The highest BCUT2D eigenvalue weighted by molar-refractivity contribution is 6.30. The average molecular weight is 487 g/mol. The molecule has 34 heavy (non-hydrogen) atoms. The number of nitrogen functional groups attached to an aromatic ring is 1. The Morgan fingerprint density at radius 3 is 2.35 bits per heavy atom. The number of amides is 2. The van der Waals surface area contributed by atoms with Gasteiger partial charge in [0.25, 0.3) is 0 Å². The number of hydrogen-bond donors (Lipinski definition) is 3. The molecule has 0 unspecified atom stereocenters. The summed E-state index contributed by atoms with van der Waals surface area (Å²) in [6.45, 7) is 0.176. The molecule has 2 aromatic heterocycles. The third-order valence-corrected chi connectivity index (χ3v) is 5.12. The summed E-state index contributed by atoms with van der Waals surface area (Å²) < 4.78 is 40.1. The second-order valence-electron chi connectivity index (χ2n) is 7.20. The van der Waals surface area contributed by atoms with Crippen molar-refractivity contribution in [2.24, 2.45) is 0 Å². The number of hydrogen-bond acceptors (Lipinski definition) is 4. The molecule has 2 heterocycles. The zero-order valence-corrected chi connectivity index (χ0v) is 18.2. The number of carbonyl (C=O) groups excluding carboxylic acids is 1. The topological polar surface area (TPSA) is 97.9 Å². The van der Waals surface area contributed by atoms with E-state index in [0.717, 1.165) is 12.1 Å². The van der Waals surface area contributed by atoms with Crippen LogP contribution in [-0.2, 0) is 12.7 Å². The van der Waals surface area contributed by atoms with Gasteiger partial charge < -0.3 is 16.4 Å². The van der Waals surface area contributed by atoms with E-state index in [9.17, 15) is 18.0 Å². The maximum atomic E-state index is 12.9. The lowest BCUT2D eigenvalue weighted by atomic mass is 10.1. The molecular weight excluding hydrogens is 469 g/mol. The van der Waals surface area contributed by atoms with Crippen molar-refractivity contribution in [3.63, 3.8) is 0 Å². The summed E-state index contributed by atoms with van der Waals surface area (Å²) in [7, 11) is 0. The predicted octanol–water partition coefficient (Wildman–Crippen LogP) is 5.51. The number of alkyl halides is 3. The van der Waals surface area contributed by atoms with Crippen LogP contribution in [0.15, 0.2) is 72.9 Å². The van der Waals surface area contributed by atoms with Crippen molar-refractivity contribution in [1.82, 2.24) is 20.1 Å². The van der Waals surface area contributed by atoms with E-state index < -0.39 is 17.8 Å². The van der Waals surface area contributed by atoms with Crippen molar-refractivity contribution >= 4 is 29.1 Å². The Bertz CT molecular complexity index is 1290. The number of benzene rings is 2. The van der Waals surface area contributed by atoms with E-state index in [4.69, 9.17) is 17.3 Å². The largest absolute Gasteiger partial charge is 0.416 e. The predicted molar refractivity (Wildman–Crippen MR) is 124 cm³/mol. The molecule has 11 heteroatoms. The van der Waals surface area contributed by atoms with Crippen LogP contribution < -0.4 is 16.4 Å². The molecule has 7 nitrogen and oxygen atoms in total. The van der Waals surface area contributed by atoms with Gasteiger partial charge in [-0.3, -0.25) is 4.98 Å². The Morgan fingerprint density at radius 2 is 1.74 bits per heavy atom. The van der Waals surface area contributed by atoms with E-state index in [0.29, 0.717) is 27.7 Å². The first-order valence-electron chi connectivity index (χ1n) is 9.99. The Labute approximate surface area is 197 Å². The van der Waals surface area contributed by atoms with Crippen LogP contribution in [0.25, 0.3) is 16.9 Å². The molecule has 2 aromatic carbocycles. The molecule has 0 aliphatic heterocycles. The molecule has 0 saturated carbocycles. The van der Waals surface area contributed by atoms with Gasteiger partial charge in [-0.05, 0) is 48.5 Å². The van der Waals surface area contributed by atoms with Gasteiger partial charge in [-0.25, -0.2) is 9.48 Å². The highest BCUT2D eigenvalue weighted by Gasteiger charge is 2.30. The quantitative estimate of drug-likeness (QED) is 0.346. The van der Waals surface area contributed by atoms with E-state index in [2.05, 4.69) is 20.7 Å². The van der Waals surface area contributed by atoms with E-state index in [1.165, 1.54) is 16.8 Å². The molecule has 0 radical (unpaired) electrons. The molecule has 0 bridgehead atoms. The molecule has 4 rings (SSSR count). The molecule has 4 aromatic rings. The standard InChI is InChI=1S/C23H18ClF3N6O/c24-16-8-4-14(5-9-16)19-20(31-22(34)30-13-17-3-1-2-12-29-17)21(28)33(32-19)18-10-6-15(7-11-18)23(25,26)27/h1-12H,13,28H2,(H2,30,31,34). The number of carbonyl (C=O) groups is 1. The molecule has 0 fully saturated rings. The van der Waals surface area contributed by atoms with Gasteiger partial charge in [0.05, 0.1) is 23.5 Å². The van der Waals surface area contributed by atoms with E-state index in [1.807, 2.05) is 0 Å². The van der Waals surface area contributed by atoms with Crippen LogP contribution in [0.5, 0.6) is 0 Å². The van der Waals surface area contributed by atoms with Gasteiger partial charge in [-0.1, -0.05) is 29.8 Å². The summed E-state index contributed by atoms with van der Waals surface area (Å²) in [5, 5.41) is 10.3. The highest BCUT2D eigenvalue weighted by atomic mass is 35.5. The van der Waals surface area contributed by atoms with Crippen LogP contribution in [-0.4, -0.2) is 20.8 Å². The fraction of sp³-hybridized carbons (Fsp3) is 0.0870. The molecule has 0 aliphatic carbocycles. The Kier molecular flexibility index (Phi) is 6.42. The van der Waals surface area contributed by atoms with Gasteiger partial charge >= 0.3 is 12.2 Å². The first-order chi connectivity index (χ1) is 16.2. The van der Waals surface area contributed by atoms with Gasteiger partial charge in [0.15, 0.2) is 5.82 Å². The lowest BCUT2D eigenvalue weighted by molar-refractivity contribution is -0.137. The minimum atomic E-state index is -4.47. The molecular formula is C23H18ClF3N6O. The van der Waals surface area contributed by atoms with E-state index >= 15 is 0 Å². The molecule has 2 amide bonds. The first kappa shape index (κ1) is 23.1. The number of nitrogens with one attached hydrogen (secondary N) is 2. The molecule has 4 N–H and O–H groups in total. The number of anilines is 2. The normalized spacial score (nSPS) is 11.3. The third-order valence-electron chi connectivity index (χ3n) is 4.87. The maximum absolute atomic E-state index is 12.9. The number of urea groups is 1. The van der Waals surface area contributed by atoms with Gasteiger partial charge in [0.1, 0.15) is 11.4 Å². The summed E-state index contributed by atoms with van der Waals surface area (Å²) >= 11 is 5.98. The summed E-state index contributed by atoms with van der Waals surface area (Å²) in [5.41, 5.74) is 7.55. The van der Waals surface area contributed by atoms with Crippen molar-refractivity contribution in [1.29, 1.82) is 0 Å². The summed E-state index contributed by atoms with van der Waals surface area (Å²) in [6, 6.07) is 15.8. The fourth-order valence-electron chi connectivity index (χ4n) is 3.18. The summed E-state index contributed by atoms with van der Waals surface area (Å²) in [4.78, 5) is 16.7. The van der Waals surface area contributed by atoms with Crippen LogP contribution >= 0.6 is 11.6 Å². The van der Waals surface area contributed by atoms with Crippen molar-refractivity contribution in [2.75, 3.05) is 11.1 Å². The van der Waals surface area contributed by atoms with Crippen LogP contribution in [0, 0.1) is 0 Å². The van der Waals surface area contributed by atoms with Crippen LogP contribution in [0.1, 0.15) is 11.3 Å². The molecule has 0 spiro atoms. The minimum Gasteiger partial charge on any atom is -0.382 e. The molecule has 0 atom stereocenters. The number of aromatic nitrogens is 3. The smallest absolute Gasteiger partial charge is 0.382 e. The number of rotatable bonds is 5. The molecule has 174 valence electrons. The number of nitrogens with zero attached hydrogens (tertiary/aromatic N) is 3. The molecule has 0 saturated heterocycles. The van der Waals surface area contributed by atoms with Crippen molar-refractivity contribution < 1.29 is 18.0 Å². The van der Waals surface area contributed by atoms with E-state index in [1.54, 1.807) is 48.7 Å². The number of pyridine rings is 1. The summed E-state index contributed by atoms with van der Waals surface area (Å²) in [6.07, 6.45) is -2.86. The second-order valence-corrected chi connectivity index (χ2v) is 7.64. The number of halogens is 4. The SMILES string of the molecule is Nc1c(NC(=O)NCc2ccccn2)c(-c2ccc(Cl)cc2)nn1-c1ccc(C(F)(F)F)cc1. The minimum absolute atomic E-state index is 0.0395. The van der Waals surface area contributed by atoms with Gasteiger partial charge in [-0.15, -0.1) is 0 Å². The van der Waals surface area contributed by atoms with Crippen LogP contribution in [0.3, 0.4) is 0 Å². The fourth-order valence-corrected chi connectivity index (χ4v) is 3.31. The third kappa shape index (κ3) is 5.12. The van der Waals surface area contributed by atoms with E-state index in [-0.39, 0.29) is 18.1 Å².